The van der Waals surface area contributed by atoms with E-state index in [1.165, 1.54) is 4.68 Å². The van der Waals surface area contributed by atoms with Gasteiger partial charge < -0.3 is 0 Å². The molecule has 78 valence electrons. The highest BCUT2D eigenvalue weighted by Gasteiger charge is 2.18. The van der Waals surface area contributed by atoms with Gasteiger partial charge >= 0.3 is 0 Å². The van der Waals surface area contributed by atoms with E-state index in [4.69, 9.17) is 11.6 Å². The van der Waals surface area contributed by atoms with Crippen LogP contribution in [0.25, 0.3) is 0 Å². The molecule has 1 heterocycles. The Hall–Kier alpha value is -0.100. The van der Waals surface area contributed by atoms with Gasteiger partial charge in [0.05, 0.1) is 11.7 Å². The molecule has 0 aliphatic carbocycles. The molecule has 0 aliphatic heterocycles. The summed E-state index contributed by atoms with van der Waals surface area (Å²) in [6, 6.07) is 0. The summed E-state index contributed by atoms with van der Waals surface area (Å²) in [6.45, 7) is 5.75. The molecule has 0 amide bonds. The van der Waals surface area contributed by atoms with Crippen molar-refractivity contribution >= 4 is 34.2 Å². The lowest BCUT2D eigenvalue weighted by Gasteiger charge is -2.20. The lowest BCUT2D eigenvalue weighted by molar-refractivity contribution is 0.337. The van der Waals surface area contributed by atoms with Gasteiger partial charge in [-0.25, -0.2) is 4.68 Å². The highest BCUT2D eigenvalue weighted by Crippen LogP contribution is 2.16. The van der Waals surface area contributed by atoms with Gasteiger partial charge in [0, 0.05) is 9.99 Å². The molecule has 0 saturated heterocycles. The number of halogens is 2. The molecule has 1 rings (SSSR count). The van der Waals surface area contributed by atoms with Gasteiger partial charge in [-0.15, -0.1) is 0 Å². The van der Waals surface area contributed by atoms with E-state index >= 15 is 0 Å². The van der Waals surface area contributed by atoms with Gasteiger partial charge in [0.2, 0.25) is 0 Å². The Morgan fingerprint density at radius 1 is 1.57 bits per heavy atom. The first-order valence-corrected chi connectivity index (χ1v) is 6.11. The Morgan fingerprint density at radius 2 is 2.14 bits per heavy atom. The van der Waals surface area contributed by atoms with Gasteiger partial charge in [-0.05, 0) is 20.8 Å². The average molecular weight is 327 g/mol. The normalized spacial score (nSPS) is 11.8. The number of rotatable bonds is 1. The van der Waals surface area contributed by atoms with Crippen molar-refractivity contribution in [2.24, 2.45) is 0 Å². The second-order valence-electron chi connectivity index (χ2n) is 4.01. The molecule has 0 radical (unpaired) electrons. The summed E-state index contributed by atoms with van der Waals surface area (Å²) in [4.78, 5) is 11.8. The van der Waals surface area contributed by atoms with E-state index < -0.39 is 0 Å². The summed E-state index contributed by atoms with van der Waals surface area (Å²) < 4.78 is 2.11. The molecule has 0 unspecified atom stereocenters. The molecule has 1 aromatic rings. The topological polar surface area (TPSA) is 34.9 Å². The predicted molar refractivity (Wildman–Crippen MR) is 66.2 cm³/mol. The fourth-order valence-corrected chi connectivity index (χ4v) is 2.04. The number of nitrogens with zero attached hydrogens (tertiary/aromatic N) is 2. The SMILES string of the molecule is CC(C)(C)n1ncc(CI)c(Cl)c1=O. The lowest BCUT2D eigenvalue weighted by Crippen LogP contribution is -2.36. The van der Waals surface area contributed by atoms with Crippen molar-refractivity contribution < 1.29 is 0 Å². The van der Waals surface area contributed by atoms with Crippen LogP contribution in [-0.2, 0) is 9.97 Å². The second kappa shape index (κ2) is 4.18. The minimum absolute atomic E-state index is 0.215. The third kappa shape index (κ3) is 2.28. The van der Waals surface area contributed by atoms with Crippen molar-refractivity contribution in [3.05, 3.63) is 27.1 Å². The summed E-state index contributed by atoms with van der Waals surface area (Å²) >= 11 is 8.08. The Kier molecular flexibility index (Phi) is 3.58. The van der Waals surface area contributed by atoms with Crippen LogP contribution in [0, 0.1) is 0 Å². The molecular formula is C9H12ClIN2O. The molecule has 0 spiro atoms. The van der Waals surface area contributed by atoms with Crippen molar-refractivity contribution in [1.82, 2.24) is 9.78 Å². The molecule has 0 aromatic carbocycles. The minimum Gasteiger partial charge on any atom is -0.266 e. The van der Waals surface area contributed by atoms with Crippen LogP contribution in [0.3, 0.4) is 0 Å². The van der Waals surface area contributed by atoms with Crippen LogP contribution in [0.5, 0.6) is 0 Å². The van der Waals surface area contributed by atoms with Gasteiger partial charge in [0.25, 0.3) is 5.56 Å². The van der Waals surface area contributed by atoms with Crippen LogP contribution < -0.4 is 5.56 Å². The molecule has 3 nitrogen and oxygen atoms in total. The fourth-order valence-electron chi connectivity index (χ4n) is 1.04. The smallest absolute Gasteiger partial charge is 0.266 e. The fraction of sp³-hybridized carbons (Fsp3) is 0.556. The number of aromatic nitrogens is 2. The lowest BCUT2D eigenvalue weighted by atomic mass is 10.1. The van der Waals surface area contributed by atoms with Gasteiger partial charge in [-0.1, -0.05) is 34.2 Å². The highest BCUT2D eigenvalue weighted by atomic mass is 127. The minimum atomic E-state index is -0.329. The maximum absolute atomic E-state index is 11.8. The van der Waals surface area contributed by atoms with E-state index in [2.05, 4.69) is 27.7 Å². The Bertz CT molecular complexity index is 395. The maximum atomic E-state index is 11.8. The van der Waals surface area contributed by atoms with E-state index in [0.717, 1.165) is 5.56 Å². The molecule has 0 fully saturated rings. The van der Waals surface area contributed by atoms with E-state index in [1.54, 1.807) is 6.20 Å². The van der Waals surface area contributed by atoms with Crippen LogP contribution in [0.4, 0.5) is 0 Å². The summed E-state index contributed by atoms with van der Waals surface area (Å²) in [7, 11) is 0. The van der Waals surface area contributed by atoms with E-state index in [9.17, 15) is 4.79 Å². The Balaban J connectivity index is 3.40. The van der Waals surface area contributed by atoms with E-state index in [1.807, 2.05) is 20.8 Å². The van der Waals surface area contributed by atoms with Crippen LogP contribution in [0.15, 0.2) is 11.0 Å². The summed E-state index contributed by atoms with van der Waals surface area (Å²) in [5.41, 5.74) is 0.246. The number of hydrogen-bond acceptors (Lipinski definition) is 2. The van der Waals surface area contributed by atoms with E-state index in [-0.39, 0.29) is 16.1 Å². The van der Waals surface area contributed by atoms with Crippen molar-refractivity contribution in [3.8, 4) is 0 Å². The zero-order chi connectivity index (χ0) is 10.9. The molecular weight excluding hydrogens is 314 g/mol. The molecule has 1 aromatic heterocycles. The van der Waals surface area contributed by atoms with E-state index in [0.29, 0.717) is 4.43 Å². The Morgan fingerprint density at radius 3 is 2.57 bits per heavy atom. The number of alkyl halides is 1. The molecule has 14 heavy (non-hydrogen) atoms. The molecule has 0 N–H and O–H groups in total. The van der Waals surface area contributed by atoms with Crippen LogP contribution in [-0.4, -0.2) is 9.78 Å². The van der Waals surface area contributed by atoms with Crippen molar-refractivity contribution in [1.29, 1.82) is 0 Å². The predicted octanol–water partition coefficient (Wildman–Crippen LogP) is 2.59. The number of hydrogen-bond donors (Lipinski definition) is 0. The van der Waals surface area contributed by atoms with Gasteiger partial charge in [0.1, 0.15) is 5.02 Å². The Labute approximate surface area is 102 Å². The molecule has 5 heteroatoms. The summed E-state index contributed by atoms with van der Waals surface area (Å²) in [6.07, 6.45) is 1.65. The first-order valence-electron chi connectivity index (χ1n) is 4.21. The van der Waals surface area contributed by atoms with Gasteiger partial charge in [-0.3, -0.25) is 4.79 Å². The zero-order valence-electron chi connectivity index (χ0n) is 8.34. The van der Waals surface area contributed by atoms with Crippen LogP contribution in [0.2, 0.25) is 5.02 Å². The third-order valence-corrected chi connectivity index (χ3v) is 3.00. The quantitative estimate of drug-likeness (QED) is 0.587. The van der Waals surface area contributed by atoms with Crippen molar-refractivity contribution in [2.45, 2.75) is 30.7 Å². The largest absolute Gasteiger partial charge is 0.286 e. The van der Waals surface area contributed by atoms with Crippen molar-refractivity contribution in [2.75, 3.05) is 0 Å². The maximum Gasteiger partial charge on any atom is 0.286 e. The van der Waals surface area contributed by atoms with Crippen molar-refractivity contribution in [3.63, 3.8) is 0 Å². The summed E-state index contributed by atoms with van der Waals surface area (Å²) in [5, 5.41) is 4.38. The zero-order valence-corrected chi connectivity index (χ0v) is 11.3. The second-order valence-corrected chi connectivity index (χ2v) is 5.15. The standard InChI is InChI=1S/C9H12ClIN2O/c1-9(2,3)13-8(14)7(10)6(4-11)5-12-13/h5H,4H2,1-3H3. The van der Waals surface area contributed by atoms with Crippen LogP contribution >= 0.6 is 34.2 Å². The molecule has 0 aliphatic rings. The van der Waals surface area contributed by atoms with Crippen LogP contribution in [0.1, 0.15) is 26.3 Å². The van der Waals surface area contributed by atoms with Gasteiger partial charge in [0.15, 0.2) is 0 Å². The summed E-state index contributed by atoms with van der Waals surface area (Å²) in [5.74, 6) is 0. The first-order chi connectivity index (χ1) is 6.38. The first kappa shape index (κ1) is 12.0. The average Bonchev–Trinajstić information content (AvgIpc) is 2.07. The molecule has 0 atom stereocenters. The van der Waals surface area contributed by atoms with Gasteiger partial charge in [-0.2, -0.15) is 5.10 Å². The molecule has 0 bridgehead atoms. The third-order valence-electron chi connectivity index (χ3n) is 1.77. The molecule has 0 saturated carbocycles. The monoisotopic (exact) mass is 326 g/mol. The highest BCUT2D eigenvalue weighted by molar-refractivity contribution is 14.1.